The second-order valence-corrected chi connectivity index (χ2v) is 7.85. The maximum atomic E-state index is 13.1. The number of nitrogens with zero attached hydrogens (tertiary/aromatic N) is 1. The lowest BCUT2D eigenvalue weighted by Crippen LogP contribution is -2.43. The standard InChI is InChI=1S/C18H22NO8P/c1-4-25-18(23)15(28(24,26-5-2)27-6-3)14(20)11-19-16(21)12-9-7-8-10-13(12)17(19)22/h7-10,15H,4-6,11H2,1-3H3. The average molecular weight is 411 g/mol. The van der Waals surface area contributed by atoms with Crippen LogP contribution in [-0.2, 0) is 27.9 Å². The third kappa shape index (κ3) is 4.22. The molecule has 1 aliphatic rings. The zero-order chi connectivity index (χ0) is 20.9. The van der Waals surface area contributed by atoms with E-state index in [2.05, 4.69) is 0 Å². The highest BCUT2D eigenvalue weighted by Gasteiger charge is 2.49. The molecule has 152 valence electrons. The largest absolute Gasteiger partial charge is 0.465 e. The van der Waals surface area contributed by atoms with Crippen molar-refractivity contribution in [2.45, 2.75) is 26.4 Å². The minimum atomic E-state index is -4.21. The first-order valence-electron chi connectivity index (χ1n) is 8.84. The Hall–Kier alpha value is -2.35. The minimum Gasteiger partial charge on any atom is -0.465 e. The number of carbonyl (C=O) groups excluding carboxylic acids is 4. The van der Waals surface area contributed by atoms with Crippen LogP contribution in [-0.4, -0.2) is 60.5 Å². The predicted octanol–water partition coefficient (Wildman–Crippen LogP) is 2.05. The maximum absolute atomic E-state index is 13.1. The Morgan fingerprint density at radius 1 is 0.964 bits per heavy atom. The van der Waals surface area contributed by atoms with E-state index in [0.717, 1.165) is 0 Å². The molecule has 0 N–H and O–H groups in total. The number of esters is 1. The molecule has 0 bridgehead atoms. The topological polar surface area (TPSA) is 116 Å². The van der Waals surface area contributed by atoms with Crippen molar-refractivity contribution in [2.75, 3.05) is 26.4 Å². The lowest BCUT2D eigenvalue weighted by molar-refractivity contribution is -0.145. The fourth-order valence-electron chi connectivity index (χ4n) is 2.83. The van der Waals surface area contributed by atoms with Gasteiger partial charge < -0.3 is 13.8 Å². The number of hydrogen-bond donors (Lipinski definition) is 0. The Balaban J connectivity index is 2.33. The van der Waals surface area contributed by atoms with E-state index in [1.165, 1.54) is 32.9 Å². The number of ether oxygens (including phenoxy) is 1. The molecule has 0 aliphatic carbocycles. The maximum Gasteiger partial charge on any atom is 0.352 e. The first-order chi connectivity index (χ1) is 13.3. The van der Waals surface area contributed by atoms with Gasteiger partial charge in [-0.1, -0.05) is 12.1 Å². The van der Waals surface area contributed by atoms with Crippen LogP contribution < -0.4 is 0 Å². The molecule has 2 amide bonds. The monoisotopic (exact) mass is 411 g/mol. The normalized spacial score (nSPS) is 14.8. The summed E-state index contributed by atoms with van der Waals surface area (Å²) in [6.45, 7) is 3.62. The Kier molecular flexibility index (Phi) is 7.23. The van der Waals surface area contributed by atoms with E-state index in [4.69, 9.17) is 13.8 Å². The van der Waals surface area contributed by atoms with Crippen LogP contribution in [0.3, 0.4) is 0 Å². The number of benzene rings is 1. The van der Waals surface area contributed by atoms with E-state index in [1.807, 2.05) is 0 Å². The van der Waals surface area contributed by atoms with Crippen molar-refractivity contribution in [1.82, 2.24) is 4.90 Å². The summed E-state index contributed by atoms with van der Waals surface area (Å²) in [5.74, 6) is -3.38. The quantitative estimate of drug-likeness (QED) is 0.249. The first kappa shape index (κ1) is 21.9. The summed E-state index contributed by atoms with van der Waals surface area (Å²) in [6.07, 6.45) is 0. The Bertz CT molecular complexity index is 792. The summed E-state index contributed by atoms with van der Waals surface area (Å²) in [5.41, 5.74) is -1.58. The summed E-state index contributed by atoms with van der Waals surface area (Å²) < 4.78 is 28.2. The van der Waals surface area contributed by atoms with Gasteiger partial charge >= 0.3 is 13.6 Å². The summed E-state index contributed by atoms with van der Waals surface area (Å²) in [5, 5.41) is 0. The van der Waals surface area contributed by atoms with Crippen LogP contribution in [0, 0.1) is 0 Å². The van der Waals surface area contributed by atoms with E-state index in [1.54, 1.807) is 12.1 Å². The molecule has 0 aromatic heterocycles. The third-order valence-corrected chi connectivity index (χ3v) is 6.31. The molecule has 1 unspecified atom stereocenters. The summed E-state index contributed by atoms with van der Waals surface area (Å²) in [7, 11) is -4.21. The molecule has 10 heteroatoms. The van der Waals surface area contributed by atoms with Gasteiger partial charge in [0, 0.05) is 0 Å². The molecule has 28 heavy (non-hydrogen) atoms. The van der Waals surface area contributed by atoms with E-state index >= 15 is 0 Å². The van der Waals surface area contributed by atoms with Crippen molar-refractivity contribution < 1.29 is 37.5 Å². The van der Waals surface area contributed by atoms with Crippen LogP contribution in [0.5, 0.6) is 0 Å². The van der Waals surface area contributed by atoms with Crippen molar-refractivity contribution >= 4 is 31.2 Å². The molecule has 1 atom stereocenters. The number of amides is 2. The van der Waals surface area contributed by atoms with Gasteiger partial charge in [0.2, 0.25) is 5.66 Å². The molecular formula is C18H22NO8P. The SMILES string of the molecule is CCOC(=O)C(C(=O)CN1C(=O)c2ccccc2C1=O)P(=O)(OCC)OCC. The van der Waals surface area contributed by atoms with E-state index < -0.39 is 43.4 Å². The number of imide groups is 1. The summed E-state index contributed by atoms with van der Waals surface area (Å²) in [4.78, 5) is 50.9. The highest BCUT2D eigenvalue weighted by molar-refractivity contribution is 7.57. The van der Waals surface area contributed by atoms with Crippen LogP contribution in [0.2, 0.25) is 0 Å². The van der Waals surface area contributed by atoms with Gasteiger partial charge in [-0.25, -0.2) is 0 Å². The Labute approximate surface area is 162 Å². The molecule has 1 heterocycles. The van der Waals surface area contributed by atoms with Crippen molar-refractivity contribution in [3.05, 3.63) is 35.4 Å². The van der Waals surface area contributed by atoms with Crippen molar-refractivity contribution in [3.63, 3.8) is 0 Å². The molecule has 0 spiro atoms. The van der Waals surface area contributed by atoms with Gasteiger partial charge in [-0.3, -0.25) is 28.6 Å². The second kappa shape index (κ2) is 9.23. The number of carbonyl (C=O) groups is 4. The molecule has 0 fully saturated rings. The lowest BCUT2D eigenvalue weighted by atomic mass is 10.1. The van der Waals surface area contributed by atoms with Gasteiger partial charge in [-0.05, 0) is 32.9 Å². The molecular weight excluding hydrogens is 389 g/mol. The van der Waals surface area contributed by atoms with Gasteiger partial charge in [0.05, 0.1) is 37.5 Å². The van der Waals surface area contributed by atoms with Crippen molar-refractivity contribution in [1.29, 1.82) is 0 Å². The van der Waals surface area contributed by atoms with Crippen LogP contribution in [0.25, 0.3) is 0 Å². The number of hydrogen-bond acceptors (Lipinski definition) is 8. The molecule has 0 radical (unpaired) electrons. The predicted molar refractivity (Wildman–Crippen MR) is 98.1 cm³/mol. The summed E-state index contributed by atoms with van der Waals surface area (Å²) in [6, 6.07) is 6.12. The van der Waals surface area contributed by atoms with Crippen LogP contribution in [0.4, 0.5) is 0 Å². The number of Topliss-reactive ketones (excluding diaryl/α,β-unsaturated/α-hetero) is 1. The zero-order valence-corrected chi connectivity index (χ0v) is 16.8. The second-order valence-electron chi connectivity index (χ2n) is 5.74. The molecule has 1 aromatic carbocycles. The highest BCUT2D eigenvalue weighted by atomic mass is 31.2. The van der Waals surface area contributed by atoms with Gasteiger partial charge in [-0.15, -0.1) is 0 Å². The zero-order valence-electron chi connectivity index (χ0n) is 15.9. The number of fused-ring (bicyclic) bond motifs is 1. The number of ketones is 1. The van der Waals surface area contributed by atoms with Crippen molar-refractivity contribution in [3.8, 4) is 0 Å². The number of rotatable bonds is 10. The molecule has 0 saturated carbocycles. The van der Waals surface area contributed by atoms with Gasteiger partial charge in [0.1, 0.15) is 0 Å². The average Bonchev–Trinajstić information content (AvgIpc) is 2.88. The molecule has 1 aromatic rings. The molecule has 1 aliphatic heterocycles. The van der Waals surface area contributed by atoms with Crippen LogP contribution >= 0.6 is 7.60 Å². The van der Waals surface area contributed by atoms with E-state index in [0.29, 0.717) is 4.90 Å². The van der Waals surface area contributed by atoms with Crippen molar-refractivity contribution in [2.24, 2.45) is 0 Å². The highest BCUT2D eigenvalue weighted by Crippen LogP contribution is 2.54. The first-order valence-corrected chi connectivity index (χ1v) is 10.4. The van der Waals surface area contributed by atoms with E-state index in [9.17, 15) is 23.7 Å². The molecule has 2 rings (SSSR count). The smallest absolute Gasteiger partial charge is 0.352 e. The third-order valence-electron chi connectivity index (χ3n) is 3.94. The van der Waals surface area contributed by atoms with Crippen LogP contribution in [0.1, 0.15) is 41.5 Å². The Morgan fingerprint density at radius 3 is 1.89 bits per heavy atom. The minimum absolute atomic E-state index is 0.0616. The lowest BCUT2D eigenvalue weighted by Gasteiger charge is -2.25. The van der Waals surface area contributed by atoms with Gasteiger partial charge in [-0.2, -0.15) is 0 Å². The van der Waals surface area contributed by atoms with Gasteiger partial charge in [0.15, 0.2) is 5.78 Å². The van der Waals surface area contributed by atoms with E-state index in [-0.39, 0.29) is 30.9 Å². The summed E-state index contributed by atoms with van der Waals surface area (Å²) >= 11 is 0. The van der Waals surface area contributed by atoms with Gasteiger partial charge in [0.25, 0.3) is 11.8 Å². The fraction of sp³-hybridized carbons (Fsp3) is 0.444. The van der Waals surface area contributed by atoms with Crippen LogP contribution in [0.15, 0.2) is 24.3 Å². The molecule has 9 nitrogen and oxygen atoms in total. The Morgan fingerprint density at radius 2 is 1.46 bits per heavy atom. The fourth-order valence-corrected chi connectivity index (χ4v) is 4.69. The molecule has 0 saturated heterocycles.